The number of phenolic OH excluding ortho intramolecular Hbond substituents is 1. The standard InChI is InChI=1S/C25H25FN6OS/c26-23-15-3-1-2-14(8-15)9-20(23)32(17-5-6-17)22-13-28-24(31-30-22)19-7-4-16(10-21(19)33)25-29-12-18(11-27)34-25/h4,7,10,12-15,17,20,23,33H,1-3,5-6,8-9H2/t14-,15+,20+,23-/m1/s1. The first-order valence-electron chi connectivity index (χ1n) is 11.9. The number of halogens is 1. The number of hydrogen-bond acceptors (Lipinski definition) is 8. The Bertz CT molecular complexity index is 1240. The lowest BCUT2D eigenvalue weighted by Crippen LogP contribution is -2.52. The van der Waals surface area contributed by atoms with Gasteiger partial charge in [0.05, 0.1) is 24.0 Å². The predicted octanol–water partition coefficient (Wildman–Crippen LogP) is 5.12. The molecule has 0 aliphatic heterocycles. The minimum atomic E-state index is -0.831. The van der Waals surface area contributed by atoms with Gasteiger partial charge in [0.2, 0.25) is 0 Å². The third-order valence-corrected chi connectivity index (χ3v) is 8.38. The number of phenols is 1. The fourth-order valence-corrected chi connectivity index (χ4v) is 6.40. The number of alkyl halides is 1. The minimum absolute atomic E-state index is 0.0173. The summed E-state index contributed by atoms with van der Waals surface area (Å²) in [5.74, 6) is 1.73. The van der Waals surface area contributed by atoms with Gasteiger partial charge in [-0.15, -0.1) is 21.5 Å². The Morgan fingerprint density at radius 3 is 2.68 bits per heavy atom. The summed E-state index contributed by atoms with van der Waals surface area (Å²) in [6.07, 6.45) is 9.70. The van der Waals surface area contributed by atoms with Crippen LogP contribution in [0.15, 0.2) is 30.6 Å². The summed E-state index contributed by atoms with van der Waals surface area (Å²) in [5.41, 5.74) is 1.18. The monoisotopic (exact) mass is 476 g/mol. The van der Waals surface area contributed by atoms with E-state index in [1.54, 1.807) is 18.3 Å². The maximum absolute atomic E-state index is 15.5. The van der Waals surface area contributed by atoms with Crippen LogP contribution in [0.25, 0.3) is 22.0 Å². The van der Waals surface area contributed by atoms with Gasteiger partial charge in [0.15, 0.2) is 11.6 Å². The van der Waals surface area contributed by atoms with Gasteiger partial charge in [-0.2, -0.15) is 5.26 Å². The molecule has 174 valence electrons. The molecule has 1 aromatic carbocycles. The van der Waals surface area contributed by atoms with Crippen molar-refractivity contribution in [3.8, 4) is 33.8 Å². The topological polar surface area (TPSA) is 98.8 Å². The summed E-state index contributed by atoms with van der Waals surface area (Å²) < 4.78 is 15.5. The highest BCUT2D eigenvalue weighted by molar-refractivity contribution is 7.15. The Morgan fingerprint density at radius 1 is 1.09 bits per heavy atom. The van der Waals surface area contributed by atoms with Gasteiger partial charge in [0, 0.05) is 11.6 Å². The van der Waals surface area contributed by atoms with Gasteiger partial charge >= 0.3 is 0 Å². The van der Waals surface area contributed by atoms with Crippen molar-refractivity contribution in [3.05, 3.63) is 35.5 Å². The highest BCUT2D eigenvalue weighted by Gasteiger charge is 2.46. The molecule has 2 bridgehead atoms. The molecule has 4 atom stereocenters. The Kier molecular flexibility index (Phi) is 5.41. The zero-order valence-corrected chi connectivity index (χ0v) is 19.5. The number of nitrogens with zero attached hydrogens (tertiary/aromatic N) is 6. The molecule has 3 saturated carbocycles. The Labute approximate surface area is 201 Å². The summed E-state index contributed by atoms with van der Waals surface area (Å²) in [5, 5.41) is 29.0. The van der Waals surface area contributed by atoms with E-state index in [9.17, 15) is 5.11 Å². The van der Waals surface area contributed by atoms with Crippen LogP contribution < -0.4 is 4.90 Å². The van der Waals surface area contributed by atoms with Crippen LogP contribution in [-0.2, 0) is 0 Å². The number of benzene rings is 1. The van der Waals surface area contributed by atoms with Crippen molar-refractivity contribution in [2.24, 2.45) is 11.8 Å². The third-order valence-electron chi connectivity index (χ3n) is 7.43. The highest BCUT2D eigenvalue weighted by Crippen LogP contribution is 2.46. The van der Waals surface area contributed by atoms with Crippen LogP contribution in [-0.4, -0.2) is 43.5 Å². The molecule has 3 aliphatic carbocycles. The second-order valence-corrected chi connectivity index (χ2v) is 10.7. The summed E-state index contributed by atoms with van der Waals surface area (Å²) in [7, 11) is 0. The van der Waals surface area contributed by atoms with E-state index in [1.807, 2.05) is 6.07 Å². The Morgan fingerprint density at radius 2 is 1.97 bits per heavy atom. The second-order valence-electron chi connectivity index (χ2n) is 9.69. The summed E-state index contributed by atoms with van der Waals surface area (Å²) >= 11 is 1.27. The van der Waals surface area contributed by atoms with Gasteiger partial charge in [0.25, 0.3) is 0 Å². The molecular formula is C25H25FN6OS. The van der Waals surface area contributed by atoms with Gasteiger partial charge < -0.3 is 10.0 Å². The van der Waals surface area contributed by atoms with Gasteiger partial charge in [-0.1, -0.05) is 18.9 Å². The molecule has 3 aliphatic rings. The number of fused-ring (bicyclic) bond motifs is 2. The first kappa shape index (κ1) is 21.4. The number of thiazole rings is 1. The van der Waals surface area contributed by atoms with E-state index in [1.165, 1.54) is 24.0 Å². The van der Waals surface area contributed by atoms with Crippen LogP contribution in [0.5, 0.6) is 5.75 Å². The maximum atomic E-state index is 15.5. The number of nitriles is 1. The average Bonchev–Trinajstić information content (AvgIpc) is 3.57. The first-order chi connectivity index (χ1) is 16.6. The van der Waals surface area contributed by atoms with E-state index in [-0.39, 0.29) is 17.7 Å². The molecule has 0 saturated heterocycles. The number of rotatable bonds is 5. The number of hydrogen-bond donors (Lipinski definition) is 1. The van der Waals surface area contributed by atoms with E-state index in [4.69, 9.17) is 5.26 Å². The van der Waals surface area contributed by atoms with Crippen LogP contribution >= 0.6 is 11.3 Å². The zero-order chi connectivity index (χ0) is 23.2. The molecule has 9 heteroatoms. The highest BCUT2D eigenvalue weighted by atomic mass is 32.1. The average molecular weight is 477 g/mol. The second kappa shape index (κ2) is 8.58. The van der Waals surface area contributed by atoms with Crippen molar-refractivity contribution in [2.75, 3.05) is 4.90 Å². The van der Waals surface area contributed by atoms with E-state index in [0.29, 0.717) is 44.6 Å². The smallest absolute Gasteiger partial charge is 0.185 e. The van der Waals surface area contributed by atoms with Gasteiger partial charge in [-0.05, 0) is 56.1 Å². The zero-order valence-electron chi connectivity index (χ0n) is 18.6. The quantitative estimate of drug-likeness (QED) is 0.545. The molecule has 0 unspecified atom stereocenters. The van der Waals surface area contributed by atoms with Crippen LogP contribution in [0, 0.1) is 23.2 Å². The molecule has 2 heterocycles. The molecule has 7 nitrogen and oxygen atoms in total. The normalized spacial score (nSPS) is 26.1. The fraction of sp³-hybridized carbons (Fsp3) is 0.480. The van der Waals surface area contributed by atoms with Gasteiger partial charge in [-0.25, -0.2) is 14.4 Å². The van der Waals surface area contributed by atoms with E-state index in [0.717, 1.165) is 38.5 Å². The largest absolute Gasteiger partial charge is 0.507 e. The van der Waals surface area contributed by atoms with Crippen molar-refractivity contribution in [2.45, 2.75) is 63.2 Å². The van der Waals surface area contributed by atoms with Crippen molar-refractivity contribution < 1.29 is 9.50 Å². The van der Waals surface area contributed by atoms with Crippen molar-refractivity contribution in [1.82, 2.24) is 20.2 Å². The lowest BCUT2D eigenvalue weighted by Gasteiger charge is -2.46. The van der Waals surface area contributed by atoms with Crippen LogP contribution in [0.4, 0.5) is 10.2 Å². The molecular weight excluding hydrogens is 451 g/mol. The van der Waals surface area contributed by atoms with E-state index < -0.39 is 6.17 Å². The summed E-state index contributed by atoms with van der Waals surface area (Å²) in [6.45, 7) is 0. The fourth-order valence-electron chi connectivity index (χ4n) is 5.69. The Hall–Kier alpha value is -3.12. The number of aromatic nitrogens is 4. The molecule has 3 aromatic rings. The predicted molar refractivity (Wildman–Crippen MR) is 127 cm³/mol. The first-order valence-corrected chi connectivity index (χ1v) is 12.7. The van der Waals surface area contributed by atoms with E-state index in [2.05, 4.69) is 31.1 Å². The van der Waals surface area contributed by atoms with Crippen LogP contribution in [0.3, 0.4) is 0 Å². The SMILES string of the molecule is N#Cc1cnc(-c2ccc(-c3ncc(N(C4CC4)[C@H]4C[C@@H]5CCC[C@@H](C5)[C@H]4F)nn3)c(O)c2)s1. The molecule has 2 aromatic heterocycles. The van der Waals surface area contributed by atoms with Crippen molar-refractivity contribution in [1.29, 1.82) is 5.26 Å². The number of anilines is 1. The van der Waals surface area contributed by atoms with E-state index >= 15 is 4.39 Å². The summed E-state index contributed by atoms with van der Waals surface area (Å²) in [4.78, 5) is 11.4. The van der Waals surface area contributed by atoms with Gasteiger partial charge in [-0.3, -0.25) is 0 Å². The summed E-state index contributed by atoms with van der Waals surface area (Å²) in [6, 6.07) is 7.38. The lowest BCUT2D eigenvalue weighted by atomic mass is 9.69. The van der Waals surface area contributed by atoms with Crippen LogP contribution in [0.1, 0.15) is 49.8 Å². The molecule has 3 fully saturated rings. The molecule has 0 spiro atoms. The molecule has 0 amide bonds. The third kappa shape index (κ3) is 3.90. The molecule has 6 rings (SSSR count). The lowest BCUT2D eigenvalue weighted by molar-refractivity contribution is 0.0631. The van der Waals surface area contributed by atoms with Crippen molar-refractivity contribution in [3.63, 3.8) is 0 Å². The van der Waals surface area contributed by atoms with Crippen molar-refractivity contribution >= 4 is 17.2 Å². The number of aromatic hydroxyl groups is 1. The molecule has 1 N–H and O–H groups in total. The van der Waals surface area contributed by atoms with Crippen LogP contribution in [0.2, 0.25) is 0 Å². The minimum Gasteiger partial charge on any atom is -0.507 e. The molecule has 34 heavy (non-hydrogen) atoms. The maximum Gasteiger partial charge on any atom is 0.185 e. The molecule has 0 radical (unpaired) electrons. The Balaban J connectivity index is 1.25. The van der Waals surface area contributed by atoms with Gasteiger partial charge in [0.1, 0.15) is 27.9 Å².